The number of ether oxygens (including phenoxy) is 2. The molecule has 6 nitrogen and oxygen atoms in total. The van der Waals surface area contributed by atoms with Crippen LogP contribution >= 0.6 is 11.8 Å². The van der Waals surface area contributed by atoms with Gasteiger partial charge >= 0.3 is 0 Å². The number of hydrogen-bond acceptors (Lipinski definition) is 5. The van der Waals surface area contributed by atoms with Gasteiger partial charge in [0.2, 0.25) is 18.6 Å². The molecule has 0 bridgehead atoms. The lowest BCUT2D eigenvalue weighted by atomic mass is 10.1. The predicted octanol–water partition coefficient (Wildman–Crippen LogP) is 2.22. The molecular formula is C18H22N2O4S. The van der Waals surface area contributed by atoms with Gasteiger partial charge in [-0.05, 0) is 38.0 Å². The van der Waals surface area contributed by atoms with Crippen LogP contribution in [0.4, 0.5) is 0 Å². The van der Waals surface area contributed by atoms with Crippen molar-refractivity contribution in [1.82, 2.24) is 9.80 Å². The van der Waals surface area contributed by atoms with E-state index in [0.29, 0.717) is 25.3 Å². The molecule has 2 amide bonds. The van der Waals surface area contributed by atoms with Crippen LogP contribution in [0.25, 0.3) is 0 Å². The third-order valence-electron chi connectivity index (χ3n) is 5.23. The number of carbonyl (C=O) groups is 2. The summed E-state index contributed by atoms with van der Waals surface area (Å²) in [6.45, 7) is 5.39. The number of hydrogen-bond donors (Lipinski definition) is 0. The predicted molar refractivity (Wildman–Crippen MR) is 94.4 cm³/mol. The van der Waals surface area contributed by atoms with Gasteiger partial charge in [-0.2, -0.15) is 0 Å². The molecule has 134 valence electrons. The molecular weight excluding hydrogens is 340 g/mol. The van der Waals surface area contributed by atoms with Gasteiger partial charge in [-0.1, -0.05) is 6.07 Å². The van der Waals surface area contributed by atoms with Crippen molar-refractivity contribution in [3.63, 3.8) is 0 Å². The molecule has 0 aliphatic carbocycles. The number of thioether (sulfide) groups is 1. The minimum Gasteiger partial charge on any atom is -0.454 e. The molecule has 4 rings (SSSR count). The molecule has 3 heterocycles. The third kappa shape index (κ3) is 2.74. The summed E-state index contributed by atoms with van der Waals surface area (Å²) >= 11 is 1.73. The first kappa shape index (κ1) is 16.6. The lowest BCUT2D eigenvalue weighted by Crippen LogP contribution is -2.51. The highest BCUT2D eigenvalue weighted by atomic mass is 32.2. The van der Waals surface area contributed by atoms with Crippen LogP contribution in [0, 0.1) is 0 Å². The van der Waals surface area contributed by atoms with Gasteiger partial charge in [0.1, 0.15) is 6.04 Å². The SMILES string of the molecule is CCN(Cc1ccc2c(c1)OCO2)C(=O)[C@@H]1CS[C@]2(C)CCC(=O)N12. The maximum atomic E-state index is 13.1. The van der Waals surface area contributed by atoms with Gasteiger partial charge in [-0.15, -0.1) is 11.8 Å². The second-order valence-corrected chi connectivity index (χ2v) is 8.31. The van der Waals surface area contributed by atoms with E-state index in [1.807, 2.05) is 34.9 Å². The van der Waals surface area contributed by atoms with Gasteiger partial charge in [-0.3, -0.25) is 9.59 Å². The van der Waals surface area contributed by atoms with Gasteiger partial charge < -0.3 is 19.3 Å². The summed E-state index contributed by atoms with van der Waals surface area (Å²) in [5, 5.41) is 0. The van der Waals surface area contributed by atoms with Gasteiger partial charge in [0.05, 0.1) is 4.87 Å². The molecule has 0 radical (unpaired) electrons. The molecule has 1 aromatic rings. The zero-order valence-electron chi connectivity index (χ0n) is 14.5. The summed E-state index contributed by atoms with van der Waals surface area (Å²) in [6, 6.07) is 5.41. The van der Waals surface area contributed by atoms with Crippen molar-refractivity contribution in [2.45, 2.75) is 44.1 Å². The van der Waals surface area contributed by atoms with Gasteiger partial charge in [-0.25, -0.2) is 0 Å². The summed E-state index contributed by atoms with van der Waals surface area (Å²) < 4.78 is 10.8. The van der Waals surface area contributed by atoms with E-state index < -0.39 is 0 Å². The molecule has 25 heavy (non-hydrogen) atoms. The van der Waals surface area contributed by atoms with Crippen molar-refractivity contribution < 1.29 is 19.1 Å². The zero-order chi connectivity index (χ0) is 17.6. The number of fused-ring (bicyclic) bond motifs is 2. The topological polar surface area (TPSA) is 59.1 Å². The lowest BCUT2D eigenvalue weighted by Gasteiger charge is -2.32. The van der Waals surface area contributed by atoms with Crippen LogP contribution in [0.15, 0.2) is 18.2 Å². The second kappa shape index (κ2) is 6.12. The van der Waals surface area contributed by atoms with Crippen LogP contribution < -0.4 is 9.47 Å². The van der Waals surface area contributed by atoms with Crippen LogP contribution in [0.3, 0.4) is 0 Å². The Morgan fingerprint density at radius 1 is 1.40 bits per heavy atom. The average Bonchev–Trinajstić information content (AvgIpc) is 3.27. The second-order valence-electron chi connectivity index (χ2n) is 6.81. The Labute approximate surface area is 151 Å². The van der Waals surface area contributed by atoms with Crippen LogP contribution in [0.1, 0.15) is 32.3 Å². The zero-order valence-corrected chi connectivity index (χ0v) is 15.3. The van der Waals surface area contributed by atoms with Crippen LogP contribution in [-0.2, 0) is 16.1 Å². The number of benzene rings is 1. The molecule has 0 unspecified atom stereocenters. The Balaban J connectivity index is 1.51. The largest absolute Gasteiger partial charge is 0.454 e. The van der Waals surface area contributed by atoms with Crippen molar-refractivity contribution in [1.29, 1.82) is 0 Å². The van der Waals surface area contributed by atoms with Crippen molar-refractivity contribution in [3.8, 4) is 11.5 Å². The lowest BCUT2D eigenvalue weighted by molar-refractivity contribution is -0.144. The summed E-state index contributed by atoms with van der Waals surface area (Å²) in [5.74, 6) is 2.28. The number of nitrogens with zero attached hydrogens (tertiary/aromatic N) is 2. The molecule has 2 atom stereocenters. The highest BCUT2D eigenvalue weighted by molar-refractivity contribution is 8.01. The fourth-order valence-corrected chi connectivity index (χ4v) is 5.24. The molecule has 3 aliphatic rings. The normalized spacial score (nSPS) is 26.9. The first-order valence-electron chi connectivity index (χ1n) is 8.65. The highest BCUT2D eigenvalue weighted by Crippen LogP contribution is 2.47. The minimum absolute atomic E-state index is 0.0339. The van der Waals surface area contributed by atoms with Gasteiger partial charge in [0, 0.05) is 25.3 Å². The minimum atomic E-state index is -0.348. The molecule has 1 aromatic carbocycles. The monoisotopic (exact) mass is 362 g/mol. The smallest absolute Gasteiger partial charge is 0.246 e. The molecule has 0 spiro atoms. The van der Waals surface area contributed by atoms with Crippen LogP contribution in [0.2, 0.25) is 0 Å². The standard InChI is InChI=1S/C18H22N2O4S/c1-3-19(9-12-4-5-14-15(8-12)24-11-23-14)17(22)13-10-25-18(2)7-6-16(21)20(13)18/h4-5,8,13H,3,6-7,9-11H2,1-2H3/t13-,18+/m0/s1. The van der Waals surface area contributed by atoms with Gasteiger partial charge in [0.25, 0.3) is 0 Å². The maximum Gasteiger partial charge on any atom is 0.246 e. The summed E-state index contributed by atoms with van der Waals surface area (Å²) in [4.78, 5) is 28.8. The molecule has 0 N–H and O–H groups in total. The summed E-state index contributed by atoms with van der Waals surface area (Å²) in [7, 11) is 0. The van der Waals surface area contributed by atoms with Crippen LogP contribution in [0.5, 0.6) is 11.5 Å². The summed E-state index contributed by atoms with van der Waals surface area (Å²) in [5.41, 5.74) is 1.00. The van der Waals surface area contributed by atoms with E-state index >= 15 is 0 Å². The van der Waals surface area contributed by atoms with E-state index in [-0.39, 0.29) is 29.5 Å². The van der Waals surface area contributed by atoms with Crippen molar-refractivity contribution in [2.75, 3.05) is 19.1 Å². The quantitative estimate of drug-likeness (QED) is 0.822. The van der Waals surface area contributed by atoms with E-state index in [2.05, 4.69) is 6.92 Å². The van der Waals surface area contributed by atoms with Gasteiger partial charge in [0.15, 0.2) is 11.5 Å². The Hall–Kier alpha value is -1.89. The Kier molecular flexibility index (Phi) is 4.06. The molecule has 0 saturated carbocycles. The fourth-order valence-electron chi connectivity index (χ4n) is 3.82. The number of amides is 2. The Morgan fingerprint density at radius 2 is 2.20 bits per heavy atom. The van der Waals surface area contributed by atoms with E-state index in [9.17, 15) is 9.59 Å². The maximum absolute atomic E-state index is 13.1. The summed E-state index contributed by atoms with van der Waals surface area (Å²) in [6.07, 6.45) is 1.37. The van der Waals surface area contributed by atoms with Crippen molar-refractivity contribution in [3.05, 3.63) is 23.8 Å². The molecule has 7 heteroatoms. The molecule has 0 aromatic heterocycles. The third-order valence-corrected chi connectivity index (χ3v) is 6.74. The van der Waals surface area contributed by atoms with Crippen molar-refractivity contribution >= 4 is 23.6 Å². The first-order chi connectivity index (χ1) is 12.0. The van der Waals surface area contributed by atoms with Crippen LogP contribution in [-0.4, -0.2) is 51.6 Å². The van der Waals surface area contributed by atoms with E-state index in [4.69, 9.17) is 9.47 Å². The first-order valence-corrected chi connectivity index (χ1v) is 9.64. The molecule has 2 saturated heterocycles. The number of likely N-dealkylation sites (N-methyl/N-ethyl adjacent to an activating group) is 1. The van der Waals surface area contributed by atoms with E-state index in [0.717, 1.165) is 23.5 Å². The van der Waals surface area contributed by atoms with E-state index in [1.165, 1.54) is 0 Å². The number of rotatable bonds is 4. The molecule has 2 fully saturated rings. The number of carbonyl (C=O) groups excluding carboxylic acids is 2. The van der Waals surface area contributed by atoms with Crippen molar-refractivity contribution in [2.24, 2.45) is 0 Å². The fraction of sp³-hybridized carbons (Fsp3) is 0.556. The highest BCUT2D eigenvalue weighted by Gasteiger charge is 2.53. The Morgan fingerprint density at radius 3 is 3.00 bits per heavy atom. The molecule has 3 aliphatic heterocycles. The Bertz CT molecular complexity index is 725. The average molecular weight is 362 g/mol. The van der Waals surface area contributed by atoms with E-state index in [1.54, 1.807) is 11.8 Å².